The second-order valence-corrected chi connectivity index (χ2v) is 12.2. The van der Waals surface area contributed by atoms with Gasteiger partial charge in [0.2, 0.25) is 5.91 Å². The van der Waals surface area contributed by atoms with Gasteiger partial charge >= 0.3 is 5.69 Å². The SMILES string of the molecule is CNC(=O)C1(n2c(=O)c3c(C)c(Br)sc3n(CC(OC3CCOCC3)c3ccccc3OC)c2=O)CCC1. The van der Waals surface area contributed by atoms with Crippen LogP contribution in [0.25, 0.3) is 10.2 Å². The zero-order valence-corrected chi connectivity index (χ0v) is 24.2. The average Bonchev–Trinajstić information content (AvgIpc) is 3.21. The molecule has 3 aromatic rings. The number of hydrogen-bond acceptors (Lipinski definition) is 7. The van der Waals surface area contributed by atoms with Gasteiger partial charge in [-0.1, -0.05) is 18.2 Å². The van der Waals surface area contributed by atoms with E-state index in [-0.39, 0.29) is 18.6 Å². The van der Waals surface area contributed by atoms with E-state index < -0.39 is 22.9 Å². The molecule has 5 rings (SSSR count). The first-order valence-corrected chi connectivity index (χ1v) is 14.5. The second-order valence-electron chi connectivity index (χ2n) is 9.86. The minimum Gasteiger partial charge on any atom is -0.496 e. The number of methoxy groups -OCH3 is 1. The molecule has 0 bridgehead atoms. The zero-order valence-electron chi connectivity index (χ0n) is 21.8. The molecule has 2 fully saturated rings. The molecule has 1 atom stereocenters. The molecule has 2 aliphatic rings. The molecule has 9 nitrogen and oxygen atoms in total. The van der Waals surface area contributed by atoms with Crippen LogP contribution in [0.15, 0.2) is 37.6 Å². The van der Waals surface area contributed by atoms with Gasteiger partial charge in [-0.25, -0.2) is 9.36 Å². The lowest BCUT2D eigenvalue weighted by Crippen LogP contribution is -2.61. The highest BCUT2D eigenvalue weighted by atomic mass is 79.9. The normalized spacial score (nSPS) is 18.2. The average molecular weight is 607 g/mol. The molecule has 3 heterocycles. The first-order chi connectivity index (χ1) is 18.3. The number of nitrogens with zero attached hydrogens (tertiary/aromatic N) is 2. The Bertz CT molecular complexity index is 1470. The van der Waals surface area contributed by atoms with Crippen LogP contribution < -0.4 is 21.3 Å². The second kappa shape index (κ2) is 11.0. The number of carbonyl (C=O) groups is 1. The molecule has 1 amide bonds. The highest BCUT2D eigenvalue weighted by Gasteiger charge is 2.48. The van der Waals surface area contributed by atoms with E-state index in [1.165, 1.54) is 23.0 Å². The number of para-hydroxylation sites is 1. The van der Waals surface area contributed by atoms with Crippen molar-refractivity contribution in [1.82, 2.24) is 14.5 Å². The summed E-state index contributed by atoms with van der Waals surface area (Å²) >= 11 is 4.92. The monoisotopic (exact) mass is 605 g/mol. The van der Waals surface area contributed by atoms with Crippen LogP contribution in [-0.4, -0.2) is 48.5 Å². The molecule has 1 N–H and O–H groups in total. The quantitative estimate of drug-likeness (QED) is 0.418. The van der Waals surface area contributed by atoms with Crippen LogP contribution in [0.2, 0.25) is 0 Å². The Morgan fingerprint density at radius 1 is 1.26 bits per heavy atom. The number of rotatable bonds is 8. The number of aryl methyl sites for hydroxylation is 1. The Kier molecular flexibility index (Phi) is 7.82. The van der Waals surface area contributed by atoms with E-state index in [0.717, 1.165) is 34.2 Å². The van der Waals surface area contributed by atoms with Crippen LogP contribution >= 0.6 is 27.3 Å². The number of likely N-dealkylation sites (N-methyl/N-ethyl adjacent to an activating group) is 1. The van der Waals surface area contributed by atoms with Gasteiger partial charge in [-0.2, -0.15) is 0 Å². The Hall–Kier alpha value is -2.47. The van der Waals surface area contributed by atoms with Gasteiger partial charge in [-0.15, -0.1) is 11.3 Å². The van der Waals surface area contributed by atoms with E-state index >= 15 is 0 Å². The van der Waals surface area contributed by atoms with E-state index in [2.05, 4.69) is 21.2 Å². The molecular formula is C27H32BrN3O6S. The van der Waals surface area contributed by atoms with Crippen LogP contribution in [-0.2, 0) is 26.4 Å². The predicted molar refractivity (Wildman–Crippen MR) is 149 cm³/mol. The Morgan fingerprint density at radius 3 is 2.61 bits per heavy atom. The highest BCUT2D eigenvalue weighted by molar-refractivity contribution is 9.11. The summed E-state index contributed by atoms with van der Waals surface area (Å²) in [5.74, 6) is 0.340. The lowest BCUT2D eigenvalue weighted by molar-refractivity contribution is -0.134. The van der Waals surface area contributed by atoms with Gasteiger partial charge in [0.15, 0.2) is 0 Å². The summed E-state index contributed by atoms with van der Waals surface area (Å²) in [7, 11) is 3.15. The van der Waals surface area contributed by atoms with Gasteiger partial charge in [0, 0.05) is 25.8 Å². The van der Waals surface area contributed by atoms with Crippen molar-refractivity contribution in [1.29, 1.82) is 0 Å². The number of fused-ring (bicyclic) bond motifs is 1. The largest absolute Gasteiger partial charge is 0.496 e. The molecule has 11 heteroatoms. The van der Waals surface area contributed by atoms with Gasteiger partial charge in [0.05, 0.1) is 28.9 Å². The number of benzene rings is 1. The van der Waals surface area contributed by atoms with Gasteiger partial charge < -0.3 is 19.5 Å². The van der Waals surface area contributed by atoms with Crippen LogP contribution in [0.4, 0.5) is 0 Å². The van der Waals surface area contributed by atoms with Crippen molar-refractivity contribution in [2.45, 2.75) is 63.3 Å². The maximum absolute atomic E-state index is 14.2. The highest BCUT2D eigenvalue weighted by Crippen LogP contribution is 2.40. The van der Waals surface area contributed by atoms with Crippen LogP contribution in [0, 0.1) is 6.92 Å². The third kappa shape index (κ3) is 4.53. The topological polar surface area (TPSA) is 101 Å². The third-order valence-electron chi connectivity index (χ3n) is 7.77. The van der Waals surface area contributed by atoms with Crippen molar-refractivity contribution in [3.8, 4) is 5.75 Å². The van der Waals surface area contributed by atoms with Gasteiger partial charge in [0.1, 0.15) is 22.2 Å². The minimum absolute atomic E-state index is 0.0450. The Morgan fingerprint density at radius 2 is 1.97 bits per heavy atom. The number of thiophene rings is 1. The molecular weight excluding hydrogens is 574 g/mol. The van der Waals surface area contributed by atoms with Crippen molar-refractivity contribution >= 4 is 43.4 Å². The fourth-order valence-electron chi connectivity index (χ4n) is 5.51. The fraction of sp³-hybridized carbons (Fsp3) is 0.519. The molecule has 1 saturated heterocycles. The summed E-state index contributed by atoms with van der Waals surface area (Å²) in [6.07, 6.45) is 2.56. The van der Waals surface area contributed by atoms with E-state index in [9.17, 15) is 14.4 Å². The van der Waals surface area contributed by atoms with Crippen molar-refractivity contribution < 1.29 is 19.0 Å². The lowest BCUT2D eigenvalue weighted by atomic mass is 9.75. The van der Waals surface area contributed by atoms with Crippen LogP contribution in [0.5, 0.6) is 5.75 Å². The summed E-state index contributed by atoms with van der Waals surface area (Å²) in [6.45, 7) is 3.24. The summed E-state index contributed by atoms with van der Waals surface area (Å²) in [5.41, 5.74) is -0.557. The maximum atomic E-state index is 14.2. The van der Waals surface area contributed by atoms with Gasteiger partial charge in [0.25, 0.3) is 5.56 Å². The Balaban J connectivity index is 1.71. The number of halogens is 1. The van der Waals surface area contributed by atoms with Crippen molar-refractivity contribution in [3.63, 3.8) is 0 Å². The van der Waals surface area contributed by atoms with E-state index in [0.29, 0.717) is 42.0 Å². The number of ether oxygens (including phenoxy) is 3. The number of amides is 1. The van der Waals surface area contributed by atoms with Crippen molar-refractivity contribution in [3.05, 3.63) is 60.0 Å². The van der Waals surface area contributed by atoms with Crippen LogP contribution in [0.1, 0.15) is 49.3 Å². The van der Waals surface area contributed by atoms with Gasteiger partial charge in [-0.05, 0) is 66.6 Å². The fourth-order valence-corrected chi connectivity index (χ4v) is 7.20. The first kappa shape index (κ1) is 27.1. The standard InChI is InChI=1S/C27H32BrN3O6S/c1-16-21-23(32)31(27(11-6-12-27)25(33)29-2)26(34)30(24(21)38-22(16)28)15-20(37-17-9-13-36-14-10-17)18-7-4-5-8-19(18)35-3/h4-5,7-8,17,20H,6,9-15H2,1-3H3,(H,29,33). The van der Waals surface area contributed by atoms with E-state index in [4.69, 9.17) is 14.2 Å². The first-order valence-electron chi connectivity index (χ1n) is 12.9. The molecule has 1 saturated carbocycles. The molecule has 2 aromatic heterocycles. The molecule has 0 spiro atoms. The number of carbonyl (C=O) groups excluding carboxylic acids is 1. The van der Waals surface area contributed by atoms with Crippen molar-refractivity contribution in [2.75, 3.05) is 27.4 Å². The molecule has 1 aliphatic carbocycles. The Labute approximate surface area is 232 Å². The molecule has 0 radical (unpaired) electrons. The molecule has 1 aliphatic heterocycles. The van der Waals surface area contributed by atoms with E-state index in [1.54, 1.807) is 11.7 Å². The van der Waals surface area contributed by atoms with Crippen LogP contribution in [0.3, 0.4) is 0 Å². The van der Waals surface area contributed by atoms with E-state index in [1.807, 2.05) is 31.2 Å². The lowest BCUT2D eigenvalue weighted by Gasteiger charge is -2.41. The zero-order chi connectivity index (χ0) is 27.0. The number of aromatic nitrogens is 2. The number of hydrogen-bond donors (Lipinski definition) is 1. The summed E-state index contributed by atoms with van der Waals surface area (Å²) < 4.78 is 21.4. The summed E-state index contributed by atoms with van der Waals surface area (Å²) in [5, 5.41) is 3.12. The maximum Gasteiger partial charge on any atom is 0.333 e. The third-order valence-corrected chi connectivity index (χ3v) is 9.96. The molecule has 38 heavy (non-hydrogen) atoms. The molecule has 1 aromatic carbocycles. The van der Waals surface area contributed by atoms with Gasteiger partial charge in [-0.3, -0.25) is 14.2 Å². The minimum atomic E-state index is -1.19. The smallest absolute Gasteiger partial charge is 0.333 e. The summed E-state index contributed by atoms with van der Waals surface area (Å²) in [6, 6.07) is 7.62. The molecule has 204 valence electrons. The molecule has 1 unspecified atom stereocenters. The van der Waals surface area contributed by atoms with Crippen molar-refractivity contribution in [2.24, 2.45) is 0 Å². The predicted octanol–water partition coefficient (Wildman–Crippen LogP) is 3.87. The number of nitrogens with one attached hydrogen (secondary N) is 1. The summed E-state index contributed by atoms with van der Waals surface area (Å²) in [4.78, 5) is 41.7.